The van der Waals surface area contributed by atoms with Gasteiger partial charge in [-0.05, 0) is 18.6 Å². The Hall–Kier alpha value is -1.66. The normalized spacial score (nSPS) is 10.3. The van der Waals surface area contributed by atoms with Crippen molar-refractivity contribution >= 4 is 34.3 Å². The third-order valence-corrected chi connectivity index (χ3v) is 3.49. The van der Waals surface area contributed by atoms with E-state index in [2.05, 4.69) is 10.3 Å². The van der Waals surface area contributed by atoms with E-state index in [0.717, 1.165) is 16.3 Å². The second kappa shape index (κ2) is 5.32. The Kier molecular flexibility index (Phi) is 3.78. The predicted octanol–water partition coefficient (Wildman–Crippen LogP) is 3.63. The highest BCUT2D eigenvalue weighted by Crippen LogP contribution is 2.30. The van der Waals surface area contributed by atoms with Gasteiger partial charge in [0, 0.05) is 23.3 Å². The molecule has 2 rings (SSSR count). The first kappa shape index (κ1) is 12.8. The van der Waals surface area contributed by atoms with Gasteiger partial charge in [0.25, 0.3) is 5.69 Å². The SMILES string of the molecule is Cc1cc([N+](=O)[O-])c(Cl)cc1NCc1nccs1. The van der Waals surface area contributed by atoms with E-state index < -0.39 is 4.92 Å². The van der Waals surface area contributed by atoms with Crippen molar-refractivity contribution in [3.8, 4) is 0 Å². The van der Waals surface area contributed by atoms with Crippen molar-refractivity contribution in [3.05, 3.63) is 49.4 Å². The predicted molar refractivity (Wildman–Crippen MR) is 72.3 cm³/mol. The smallest absolute Gasteiger partial charge is 0.288 e. The maximum Gasteiger partial charge on any atom is 0.288 e. The number of benzene rings is 1. The molecule has 0 aliphatic carbocycles. The largest absolute Gasteiger partial charge is 0.378 e. The Labute approximate surface area is 113 Å². The first-order chi connectivity index (χ1) is 8.58. The van der Waals surface area contributed by atoms with E-state index in [1.165, 1.54) is 6.07 Å². The molecule has 0 unspecified atom stereocenters. The molecule has 7 heteroatoms. The minimum atomic E-state index is -0.486. The van der Waals surface area contributed by atoms with E-state index in [1.807, 2.05) is 5.38 Å². The molecule has 0 saturated heterocycles. The molecule has 18 heavy (non-hydrogen) atoms. The third-order valence-electron chi connectivity index (χ3n) is 2.40. The van der Waals surface area contributed by atoms with Gasteiger partial charge in [-0.2, -0.15) is 0 Å². The summed E-state index contributed by atoms with van der Waals surface area (Å²) in [5.74, 6) is 0. The van der Waals surface area contributed by atoms with E-state index in [9.17, 15) is 10.1 Å². The molecule has 1 aromatic carbocycles. The van der Waals surface area contributed by atoms with Gasteiger partial charge in [-0.25, -0.2) is 4.98 Å². The van der Waals surface area contributed by atoms with Crippen LogP contribution in [-0.2, 0) is 6.54 Å². The number of thiazole rings is 1. The molecule has 0 spiro atoms. The van der Waals surface area contributed by atoms with Gasteiger partial charge >= 0.3 is 0 Å². The van der Waals surface area contributed by atoms with E-state index in [4.69, 9.17) is 11.6 Å². The molecule has 0 aliphatic heterocycles. The van der Waals surface area contributed by atoms with Crippen molar-refractivity contribution in [2.75, 3.05) is 5.32 Å². The highest BCUT2D eigenvalue weighted by atomic mass is 35.5. The van der Waals surface area contributed by atoms with Gasteiger partial charge in [0.1, 0.15) is 10.0 Å². The standard InChI is InChI=1S/C11H10ClN3O2S/c1-7-4-10(15(16)17)8(12)5-9(7)14-6-11-13-2-3-18-11/h2-5,14H,6H2,1H3. The number of hydrogen-bond donors (Lipinski definition) is 1. The summed E-state index contributed by atoms with van der Waals surface area (Å²) >= 11 is 7.41. The van der Waals surface area contributed by atoms with Crippen LogP contribution in [0.3, 0.4) is 0 Å². The van der Waals surface area contributed by atoms with Crippen molar-refractivity contribution < 1.29 is 4.92 Å². The molecule has 1 heterocycles. The van der Waals surface area contributed by atoms with E-state index >= 15 is 0 Å². The number of aryl methyl sites for hydroxylation is 1. The number of anilines is 1. The summed E-state index contributed by atoms with van der Waals surface area (Å²) in [6, 6.07) is 3.04. The summed E-state index contributed by atoms with van der Waals surface area (Å²) in [7, 11) is 0. The van der Waals surface area contributed by atoms with Crippen LogP contribution in [0.15, 0.2) is 23.7 Å². The Morgan fingerprint density at radius 1 is 1.56 bits per heavy atom. The van der Waals surface area contributed by atoms with Gasteiger partial charge in [0.2, 0.25) is 0 Å². The van der Waals surface area contributed by atoms with Gasteiger partial charge in [-0.3, -0.25) is 10.1 Å². The number of nitrogens with one attached hydrogen (secondary N) is 1. The van der Waals surface area contributed by atoms with E-state index in [1.54, 1.807) is 30.5 Å². The Balaban J connectivity index is 2.19. The monoisotopic (exact) mass is 283 g/mol. The topological polar surface area (TPSA) is 68.1 Å². The first-order valence-corrected chi connectivity index (χ1v) is 6.40. The average Bonchev–Trinajstić information content (AvgIpc) is 2.82. The molecule has 0 saturated carbocycles. The van der Waals surface area contributed by atoms with Crippen LogP contribution in [0.4, 0.5) is 11.4 Å². The Morgan fingerprint density at radius 2 is 2.33 bits per heavy atom. The van der Waals surface area contributed by atoms with Crippen LogP contribution in [0.5, 0.6) is 0 Å². The van der Waals surface area contributed by atoms with Gasteiger partial charge < -0.3 is 5.32 Å². The molecule has 2 aromatic rings. The summed E-state index contributed by atoms with van der Waals surface area (Å²) in [6.45, 7) is 2.38. The lowest BCUT2D eigenvalue weighted by Crippen LogP contribution is -2.01. The second-order valence-corrected chi connectivity index (χ2v) is 5.04. The van der Waals surface area contributed by atoms with Crippen molar-refractivity contribution in [1.29, 1.82) is 0 Å². The minimum absolute atomic E-state index is 0.0750. The number of rotatable bonds is 4. The number of nitro benzene ring substituents is 1. The summed E-state index contributed by atoms with van der Waals surface area (Å²) in [5.41, 5.74) is 1.48. The van der Waals surface area contributed by atoms with Crippen LogP contribution < -0.4 is 5.32 Å². The van der Waals surface area contributed by atoms with Gasteiger partial charge in [0.05, 0.1) is 11.5 Å². The number of nitro groups is 1. The number of hydrogen-bond acceptors (Lipinski definition) is 5. The molecule has 5 nitrogen and oxygen atoms in total. The fraction of sp³-hybridized carbons (Fsp3) is 0.182. The molecule has 1 aromatic heterocycles. The summed E-state index contributed by atoms with van der Waals surface area (Å²) in [5, 5.41) is 16.9. The maximum absolute atomic E-state index is 10.7. The van der Waals surface area contributed by atoms with Crippen LogP contribution >= 0.6 is 22.9 Å². The second-order valence-electron chi connectivity index (χ2n) is 3.66. The first-order valence-electron chi connectivity index (χ1n) is 5.14. The fourth-order valence-electron chi connectivity index (χ4n) is 1.51. The highest BCUT2D eigenvalue weighted by molar-refractivity contribution is 7.09. The molecule has 0 aliphatic rings. The van der Waals surface area contributed by atoms with Crippen LogP contribution in [0.2, 0.25) is 5.02 Å². The van der Waals surface area contributed by atoms with Crippen LogP contribution in [-0.4, -0.2) is 9.91 Å². The quantitative estimate of drug-likeness (QED) is 0.687. The van der Waals surface area contributed by atoms with Crippen LogP contribution in [0, 0.1) is 17.0 Å². The Bertz CT molecular complexity index is 572. The lowest BCUT2D eigenvalue weighted by atomic mass is 10.2. The van der Waals surface area contributed by atoms with Crippen molar-refractivity contribution in [1.82, 2.24) is 4.98 Å². The zero-order valence-electron chi connectivity index (χ0n) is 9.51. The fourth-order valence-corrected chi connectivity index (χ4v) is 2.30. The molecular weight excluding hydrogens is 274 g/mol. The maximum atomic E-state index is 10.7. The number of halogens is 1. The van der Waals surface area contributed by atoms with Crippen LogP contribution in [0.25, 0.3) is 0 Å². The molecule has 0 bridgehead atoms. The summed E-state index contributed by atoms with van der Waals surface area (Å²) in [4.78, 5) is 14.4. The molecule has 0 fully saturated rings. The molecule has 1 N–H and O–H groups in total. The van der Waals surface area contributed by atoms with Crippen molar-refractivity contribution in [2.45, 2.75) is 13.5 Å². The molecule has 0 amide bonds. The molecular formula is C11H10ClN3O2S. The number of nitrogens with zero attached hydrogens (tertiary/aromatic N) is 2. The third kappa shape index (κ3) is 2.77. The molecule has 0 atom stereocenters. The zero-order valence-corrected chi connectivity index (χ0v) is 11.1. The summed E-state index contributed by atoms with van der Waals surface area (Å²) < 4.78 is 0. The summed E-state index contributed by atoms with van der Waals surface area (Å²) in [6.07, 6.45) is 1.73. The molecule has 0 radical (unpaired) electrons. The van der Waals surface area contributed by atoms with Crippen LogP contribution in [0.1, 0.15) is 10.6 Å². The van der Waals surface area contributed by atoms with Gasteiger partial charge in [-0.15, -0.1) is 11.3 Å². The lowest BCUT2D eigenvalue weighted by Gasteiger charge is -2.08. The number of aromatic nitrogens is 1. The van der Waals surface area contributed by atoms with Crippen molar-refractivity contribution in [3.63, 3.8) is 0 Å². The van der Waals surface area contributed by atoms with Crippen molar-refractivity contribution in [2.24, 2.45) is 0 Å². The van der Waals surface area contributed by atoms with E-state index in [0.29, 0.717) is 6.54 Å². The average molecular weight is 284 g/mol. The molecule has 94 valence electrons. The minimum Gasteiger partial charge on any atom is -0.378 e. The Morgan fingerprint density at radius 3 is 2.94 bits per heavy atom. The van der Waals surface area contributed by atoms with Gasteiger partial charge in [0.15, 0.2) is 0 Å². The lowest BCUT2D eigenvalue weighted by molar-refractivity contribution is -0.384. The highest BCUT2D eigenvalue weighted by Gasteiger charge is 2.14. The zero-order chi connectivity index (χ0) is 13.1. The van der Waals surface area contributed by atoms with E-state index in [-0.39, 0.29) is 10.7 Å². The van der Waals surface area contributed by atoms with Gasteiger partial charge in [-0.1, -0.05) is 11.6 Å².